The van der Waals surface area contributed by atoms with Crippen LogP contribution in [-0.4, -0.2) is 19.6 Å². The van der Waals surface area contributed by atoms with E-state index in [0.29, 0.717) is 6.54 Å². The molecule has 0 fully saturated rings. The number of hydrogen-bond acceptors (Lipinski definition) is 2. The molecule has 1 atom stereocenters. The van der Waals surface area contributed by atoms with E-state index in [0.717, 1.165) is 33.5 Å². The van der Waals surface area contributed by atoms with Crippen LogP contribution in [0.15, 0.2) is 40.9 Å². The van der Waals surface area contributed by atoms with Crippen LogP contribution >= 0.6 is 15.9 Å². The van der Waals surface area contributed by atoms with Gasteiger partial charge in [0.15, 0.2) is 6.54 Å². The molecule has 0 bridgehead atoms. The van der Waals surface area contributed by atoms with Gasteiger partial charge in [0.2, 0.25) is 0 Å². The van der Waals surface area contributed by atoms with Crippen LogP contribution in [0.2, 0.25) is 0 Å². The summed E-state index contributed by atoms with van der Waals surface area (Å²) >= 11 is 3.51. The number of nitrogens with two attached hydrogens (primary N) is 1. The van der Waals surface area contributed by atoms with Gasteiger partial charge in [0.1, 0.15) is 11.8 Å². The van der Waals surface area contributed by atoms with Crippen molar-refractivity contribution >= 4 is 27.5 Å². The Labute approximate surface area is 158 Å². The summed E-state index contributed by atoms with van der Waals surface area (Å²) in [6.45, 7) is 6.59. The number of benzene rings is 2. The average molecular weight is 406 g/mol. The quantitative estimate of drug-likeness (QED) is 0.739. The minimum atomic E-state index is 0.0171. The minimum Gasteiger partial charge on any atom is -0.496 e. The van der Waals surface area contributed by atoms with Crippen LogP contribution in [0.4, 0.5) is 5.69 Å². The Morgan fingerprint density at radius 3 is 2.72 bits per heavy atom. The Morgan fingerprint density at radius 2 is 2.08 bits per heavy atom. The van der Waals surface area contributed by atoms with Gasteiger partial charge in [-0.3, -0.25) is 4.79 Å². The number of amides is 1. The second kappa shape index (κ2) is 9.02. The molecule has 3 N–H and O–H groups in total. The topological polar surface area (TPSA) is 54.9 Å². The lowest BCUT2D eigenvalue weighted by atomic mass is 10.1. The van der Waals surface area contributed by atoms with Gasteiger partial charge in [-0.15, -0.1) is 0 Å². The van der Waals surface area contributed by atoms with Gasteiger partial charge in [-0.2, -0.15) is 0 Å². The molecule has 134 valence electrons. The molecular weight excluding hydrogens is 380 g/mol. The Balaban J connectivity index is 1.97. The highest BCUT2D eigenvalue weighted by molar-refractivity contribution is 9.10. The zero-order valence-electron chi connectivity index (χ0n) is 15.2. The summed E-state index contributed by atoms with van der Waals surface area (Å²) in [5.74, 6) is 0.823. The number of hydrogen-bond donors (Lipinski definition) is 2. The average Bonchev–Trinajstić information content (AvgIpc) is 2.61. The Kier molecular flexibility index (Phi) is 7.02. The Morgan fingerprint density at radius 1 is 1.32 bits per heavy atom. The van der Waals surface area contributed by atoms with E-state index < -0.39 is 0 Å². The largest absolute Gasteiger partial charge is 0.496 e. The molecule has 5 heteroatoms. The normalized spacial score (nSPS) is 11.9. The molecule has 2 aromatic rings. The number of methoxy groups -OCH3 is 1. The molecule has 0 saturated heterocycles. The van der Waals surface area contributed by atoms with E-state index in [1.165, 1.54) is 5.56 Å². The number of rotatable bonds is 7. The van der Waals surface area contributed by atoms with E-state index in [1.54, 1.807) is 7.11 Å². The molecule has 0 aliphatic carbocycles. The maximum Gasteiger partial charge on any atom is 0.279 e. The zero-order chi connectivity index (χ0) is 18.4. The van der Waals surface area contributed by atoms with Crippen LogP contribution in [0.1, 0.15) is 36.6 Å². The summed E-state index contributed by atoms with van der Waals surface area (Å²) in [5.41, 5.74) is 4.36. The molecule has 0 aromatic heterocycles. The van der Waals surface area contributed by atoms with E-state index in [9.17, 15) is 4.79 Å². The van der Waals surface area contributed by atoms with Crippen molar-refractivity contribution in [3.8, 4) is 5.75 Å². The molecule has 4 nitrogen and oxygen atoms in total. The summed E-state index contributed by atoms with van der Waals surface area (Å²) in [7, 11) is 1.65. The predicted octanol–water partition coefficient (Wildman–Crippen LogP) is 3.59. The third-order valence-electron chi connectivity index (χ3n) is 4.36. The Bertz CT molecular complexity index is 746. The number of nitrogens with one attached hydrogen (secondary N) is 1. The molecule has 0 heterocycles. The maximum atomic E-state index is 12.4. The van der Waals surface area contributed by atoms with Crippen molar-refractivity contribution in [1.29, 1.82) is 0 Å². The number of carbonyl (C=O) groups is 1. The van der Waals surface area contributed by atoms with E-state index >= 15 is 0 Å². The monoisotopic (exact) mass is 405 g/mol. The summed E-state index contributed by atoms with van der Waals surface area (Å²) in [4.78, 5) is 12.4. The van der Waals surface area contributed by atoms with Gasteiger partial charge in [-0.1, -0.05) is 25.1 Å². The van der Waals surface area contributed by atoms with Crippen molar-refractivity contribution in [2.75, 3.05) is 19.0 Å². The smallest absolute Gasteiger partial charge is 0.279 e. The first-order valence-electron chi connectivity index (χ1n) is 8.51. The third kappa shape index (κ3) is 5.06. The fourth-order valence-corrected chi connectivity index (χ4v) is 3.34. The van der Waals surface area contributed by atoms with Crippen LogP contribution in [0.25, 0.3) is 0 Å². The van der Waals surface area contributed by atoms with Crippen LogP contribution in [0, 0.1) is 6.92 Å². The molecule has 25 heavy (non-hydrogen) atoms. The Hall–Kier alpha value is -1.85. The van der Waals surface area contributed by atoms with E-state index in [-0.39, 0.29) is 11.9 Å². The van der Waals surface area contributed by atoms with Gasteiger partial charge in [0.25, 0.3) is 5.91 Å². The van der Waals surface area contributed by atoms with Gasteiger partial charge in [0, 0.05) is 11.3 Å². The highest BCUT2D eigenvalue weighted by Gasteiger charge is 2.15. The lowest BCUT2D eigenvalue weighted by Crippen LogP contribution is -2.86. The molecular formula is C20H26BrN2O2+. The lowest BCUT2D eigenvalue weighted by Gasteiger charge is -2.15. The number of quaternary nitrogens is 1. The van der Waals surface area contributed by atoms with Gasteiger partial charge in [-0.05, 0) is 65.5 Å². The molecule has 2 rings (SSSR count). The summed E-state index contributed by atoms with van der Waals surface area (Å²) in [6, 6.07) is 12.3. The summed E-state index contributed by atoms with van der Waals surface area (Å²) < 4.78 is 6.18. The van der Waals surface area contributed by atoms with E-state index in [2.05, 4.69) is 41.2 Å². The number of halogens is 1. The molecule has 0 aliphatic heterocycles. The third-order valence-corrected chi connectivity index (χ3v) is 4.98. The number of carbonyl (C=O) groups excluding carboxylic acids is 1. The van der Waals surface area contributed by atoms with Crippen LogP contribution in [0.3, 0.4) is 0 Å². The molecule has 1 amide bonds. The fraction of sp³-hybridized carbons (Fsp3) is 0.350. The predicted molar refractivity (Wildman–Crippen MR) is 105 cm³/mol. The van der Waals surface area contributed by atoms with Crippen LogP contribution in [0.5, 0.6) is 5.75 Å². The van der Waals surface area contributed by atoms with Crippen molar-refractivity contribution in [3.05, 3.63) is 57.6 Å². The second-order valence-corrected chi connectivity index (χ2v) is 6.99. The van der Waals surface area contributed by atoms with Crippen molar-refractivity contribution in [2.24, 2.45) is 0 Å². The van der Waals surface area contributed by atoms with Crippen molar-refractivity contribution in [1.82, 2.24) is 0 Å². The standard InChI is InChI=1S/C20H25BrN2O2/c1-5-15-8-6-7-13(2)20(15)23-19(24)12-22-14(3)16-9-10-18(25-4)17(21)11-16/h6-11,14,22H,5,12H2,1-4H3,(H,23,24)/p+1/t14-/m1/s1. The highest BCUT2D eigenvalue weighted by Crippen LogP contribution is 2.27. The van der Waals surface area contributed by atoms with Crippen molar-refractivity contribution < 1.29 is 14.8 Å². The van der Waals surface area contributed by atoms with Crippen LogP contribution < -0.4 is 15.4 Å². The zero-order valence-corrected chi connectivity index (χ0v) is 16.8. The summed E-state index contributed by atoms with van der Waals surface area (Å²) in [5, 5.41) is 5.10. The first-order chi connectivity index (χ1) is 12.0. The summed E-state index contributed by atoms with van der Waals surface area (Å²) in [6.07, 6.45) is 0.900. The molecule has 0 unspecified atom stereocenters. The molecule has 0 saturated carbocycles. The highest BCUT2D eigenvalue weighted by atomic mass is 79.9. The van der Waals surface area contributed by atoms with Gasteiger partial charge < -0.3 is 15.4 Å². The minimum absolute atomic E-state index is 0.0171. The molecule has 0 radical (unpaired) electrons. The first-order valence-corrected chi connectivity index (χ1v) is 9.30. The number of anilines is 1. The molecule has 0 spiro atoms. The molecule has 2 aromatic carbocycles. The van der Waals surface area contributed by atoms with E-state index in [4.69, 9.17) is 4.74 Å². The van der Waals surface area contributed by atoms with Gasteiger partial charge in [-0.25, -0.2) is 0 Å². The number of ether oxygens (including phenoxy) is 1. The molecule has 0 aliphatic rings. The number of aryl methyl sites for hydroxylation is 2. The number of para-hydroxylation sites is 1. The lowest BCUT2D eigenvalue weighted by molar-refractivity contribution is -0.682. The van der Waals surface area contributed by atoms with Crippen molar-refractivity contribution in [2.45, 2.75) is 33.2 Å². The second-order valence-electron chi connectivity index (χ2n) is 6.13. The van der Waals surface area contributed by atoms with Gasteiger partial charge >= 0.3 is 0 Å². The first kappa shape index (κ1) is 19.5. The van der Waals surface area contributed by atoms with Crippen molar-refractivity contribution in [3.63, 3.8) is 0 Å². The van der Waals surface area contributed by atoms with E-state index in [1.807, 2.05) is 42.6 Å². The SMILES string of the molecule is CCc1cccc(C)c1NC(=O)C[NH2+][C@H](C)c1ccc(OC)c(Br)c1. The maximum absolute atomic E-state index is 12.4. The fourth-order valence-electron chi connectivity index (χ4n) is 2.78. The van der Waals surface area contributed by atoms with Crippen LogP contribution in [-0.2, 0) is 11.2 Å². The van der Waals surface area contributed by atoms with Gasteiger partial charge in [0.05, 0.1) is 11.6 Å².